The SMILES string of the molecule is Cc1nn(C)c(N)c1CSc1ccc([N+](=O)[O-])cc1. The number of thioether (sulfide) groups is 1. The Morgan fingerprint density at radius 1 is 1.42 bits per heavy atom. The van der Waals surface area contributed by atoms with Gasteiger partial charge in [-0.1, -0.05) is 0 Å². The molecule has 7 heteroatoms. The van der Waals surface area contributed by atoms with Crippen LogP contribution in [0.3, 0.4) is 0 Å². The van der Waals surface area contributed by atoms with Gasteiger partial charge in [0.05, 0.1) is 10.6 Å². The van der Waals surface area contributed by atoms with E-state index in [1.54, 1.807) is 28.6 Å². The first-order chi connectivity index (χ1) is 8.99. The van der Waals surface area contributed by atoms with Crippen molar-refractivity contribution in [2.45, 2.75) is 17.6 Å². The van der Waals surface area contributed by atoms with E-state index in [-0.39, 0.29) is 5.69 Å². The maximum atomic E-state index is 10.6. The summed E-state index contributed by atoms with van der Waals surface area (Å²) in [6, 6.07) is 6.49. The molecule has 0 radical (unpaired) electrons. The number of hydrogen-bond acceptors (Lipinski definition) is 5. The van der Waals surface area contributed by atoms with Crippen LogP contribution < -0.4 is 5.73 Å². The highest BCUT2D eigenvalue weighted by atomic mass is 32.2. The lowest BCUT2D eigenvalue weighted by Crippen LogP contribution is -1.98. The minimum atomic E-state index is -0.405. The van der Waals surface area contributed by atoms with E-state index in [0.717, 1.165) is 16.2 Å². The molecule has 0 saturated carbocycles. The summed E-state index contributed by atoms with van der Waals surface area (Å²) < 4.78 is 1.65. The summed E-state index contributed by atoms with van der Waals surface area (Å²) in [5.74, 6) is 1.36. The first-order valence-corrected chi connectivity index (χ1v) is 6.63. The zero-order valence-corrected chi connectivity index (χ0v) is 11.5. The molecule has 100 valence electrons. The Bertz CT molecular complexity index is 607. The van der Waals surface area contributed by atoms with Gasteiger partial charge in [-0.25, -0.2) is 0 Å². The van der Waals surface area contributed by atoms with Crippen LogP contribution in [0.15, 0.2) is 29.2 Å². The molecule has 1 aromatic heterocycles. The highest BCUT2D eigenvalue weighted by molar-refractivity contribution is 7.98. The molecule has 0 spiro atoms. The van der Waals surface area contributed by atoms with Crippen LogP contribution in [0.25, 0.3) is 0 Å². The van der Waals surface area contributed by atoms with E-state index in [1.807, 2.05) is 14.0 Å². The van der Waals surface area contributed by atoms with Crippen molar-refractivity contribution in [2.24, 2.45) is 7.05 Å². The Labute approximate surface area is 114 Å². The zero-order valence-electron chi connectivity index (χ0n) is 10.7. The van der Waals surface area contributed by atoms with Gasteiger partial charge in [-0.05, 0) is 19.1 Å². The van der Waals surface area contributed by atoms with Crippen molar-refractivity contribution < 1.29 is 4.92 Å². The molecule has 19 heavy (non-hydrogen) atoms. The molecule has 1 heterocycles. The van der Waals surface area contributed by atoms with Crippen molar-refractivity contribution in [3.63, 3.8) is 0 Å². The predicted octanol–water partition coefficient (Wildman–Crippen LogP) is 2.51. The standard InChI is InChI=1S/C12H14N4O2S/c1-8-11(12(13)15(2)14-8)7-19-10-5-3-9(4-6-10)16(17)18/h3-6H,7,13H2,1-2H3. The number of aromatic nitrogens is 2. The lowest BCUT2D eigenvalue weighted by atomic mass is 10.3. The first kappa shape index (κ1) is 13.4. The summed E-state index contributed by atoms with van der Waals surface area (Å²) in [7, 11) is 1.81. The van der Waals surface area contributed by atoms with Crippen LogP contribution in [0.5, 0.6) is 0 Å². The van der Waals surface area contributed by atoms with Crippen molar-refractivity contribution in [3.05, 3.63) is 45.6 Å². The Morgan fingerprint density at radius 2 is 2.05 bits per heavy atom. The number of anilines is 1. The summed E-state index contributed by atoms with van der Waals surface area (Å²) >= 11 is 1.58. The van der Waals surface area contributed by atoms with Crippen molar-refractivity contribution >= 4 is 23.3 Å². The van der Waals surface area contributed by atoms with Gasteiger partial charge in [0.2, 0.25) is 0 Å². The molecule has 6 nitrogen and oxygen atoms in total. The van der Waals surface area contributed by atoms with Crippen molar-refractivity contribution in [1.29, 1.82) is 0 Å². The van der Waals surface area contributed by atoms with Gasteiger partial charge in [0, 0.05) is 35.4 Å². The molecule has 2 aromatic rings. The van der Waals surface area contributed by atoms with Crippen LogP contribution >= 0.6 is 11.8 Å². The van der Waals surface area contributed by atoms with E-state index >= 15 is 0 Å². The lowest BCUT2D eigenvalue weighted by Gasteiger charge is -2.02. The molecular weight excluding hydrogens is 264 g/mol. The number of nitro benzene ring substituents is 1. The fourth-order valence-corrected chi connectivity index (χ4v) is 2.71. The van der Waals surface area contributed by atoms with Crippen LogP contribution in [0.4, 0.5) is 11.5 Å². The summed E-state index contributed by atoms with van der Waals surface area (Å²) in [6.45, 7) is 1.92. The van der Waals surface area contributed by atoms with Gasteiger partial charge in [-0.2, -0.15) is 5.10 Å². The molecule has 0 fully saturated rings. The number of benzene rings is 1. The van der Waals surface area contributed by atoms with Gasteiger partial charge in [-0.3, -0.25) is 14.8 Å². The molecule has 0 saturated heterocycles. The average Bonchev–Trinajstić information content (AvgIpc) is 2.62. The molecule has 2 rings (SSSR count). The van der Waals surface area contributed by atoms with E-state index in [1.165, 1.54) is 12.1 Å². The van der Waals surface area contributed by atoms with Gasteiger partial charge in [0.25, 0.3) is 5.69 Å². The van der Waals surface area contributed by atoms with Crippen molar-refractivity contribution in [3.8, 4) is 0 Å². The second-order valence-corrected chi connectivity index (χ2v) is 5.16. The second kappa shape index (κ2) is 5.31. The Hall–Kier alpha value is -2.02. The summed E-state index contributed by atoms with van der Waals surface area (Å²) in [5, 5.41) is 14.8. The molecule has 0 bridgehead atoms. The first-order valence-electron chi connectivity index (χ1n) is 5.64. The van der Waals surface area contributed by atoms with Crippen molar-refractivity contribution in [2.75, 3.05) is 5.73 Å². The molecule has 0 atom stereocenters. The largest absolute Gasteiger partial charge is 0.384 e. The molecule has 0 unspecified atom stereocenters. The minimum Gasteiger partial charge on any atom is -0.384 e. The number of nitro groups is 1. The summed E-state index contributed by atoms with van der Waals surface area (Å²) in [5.41, 5.74) is 7.94. The van der Waals surface area contributed by atoms with Gasteiger partial charge in [0.1, 0.15) is 5.82 Å². The highest BCUT2D eigenvalue weighted by Crippen LogP contribution is 2.28. The van der Waals surface area contributed by atoms with E-state index in [2.05, 4.69) is 5.10 Å². The smallest absolute Gasteiger partial charge is 0.269 e. The van der Waals surface area contributed by atoms with Crippen LogP contribution in [0, 0.1) is 17.0 Å². The normalized spacial score (nSPS) is 10.6. The maximum Gasteiger partial charge on any atom is 0.269 e. The van der Waals surface area contributed by atoms with Crippen LogP contribution in [0.1, 0.15) is 11.3 Å². The number of nitrogens with zero attached hydrogens (tertiary/aromatic N) is 3. The third kappa shape index (κ3) is 2.87. The van der Waals surface area contributed by atoms with Gasteiger partial charge < -0.3 is 5.73 Å². The Kier molecular flexibility index (Phi) is 3.75. The topological polar surface area (TPSA) is 87.0 Å². The van der Waals surface area contributed by atoms with E-state index in [9.17, 15) is 10.1 Å². The number of hydrogen-bond donors (Lipinski definition) is 1. The third-order valence-electron chi connectivity index (χ3n) is 2.83. The van der Waals surface area contributed by atoms with Crippen LogP contribution in [-0.2, 0) is 12.8 Å². The predicted molar refractivity (Wildman–Crippen MR) is 75.0 cm³/mol. The molecule has 2 N–H and O–H groups in total. The molecule has 0 amide bonds. The Balaban J connectivity index is 2.08. The third-order valence-corrected chi connectivity index (χ3v) is 3.86. The minimum absolute atomic E-state index is 0.0985. The molecule has 1 aromatic carbocycles. The summed E-state index contributed by atoms with van der Waals surface area (Å²) in [4.78, 5) is 11.1. The second-order valence-electron chi connectivity index (χ2n) is 4.11. The maximum absolute atomic E-state index is 10.6. The number of rotatable bonds is 4. The highest BCUT2D eigenvalue weighted by Gasteiger charge is 2.11. The van der Waals surface area contributed by atoms with Gasteiger partial charge in [0.15, 0.2) is 0 Å². The number of nitrogen functional groups attached to an aromatic ring is 1. The van der Waals surface area contributed by atoms with Crippen LogP contribution in [0.2, 0.25) is 0 Å². The number of nitrogens with two attached hydrogens (primary N) is 1. The number of non-ortho nitro benzene ring substituents is 1. The lowest BCUT2D eigenvalue weighted by molar-refractivity contribution is -0.384. The zero-order chi connectivity index (χ0) is 14.0. The summed E-state index contributed by atoms with van der Waals surface area (Å²) in [6.07, 6.45) is 0. The van der Waals surface area contributed by atoms with Gasteiger partial charge >= 0.3 is 0 Å². The fourth-order valence-electron chi connectivity index (χ4n) is 1.72. The molecule has 0 aliphatic rings. The van der Waals surface area contributed by atoms with Crippen molar-refractivity contribution in [1.82, 2.24) is 9.78 Å². The average molecular weight is 278 g/mol. The fraction of sp³-hybridized carbons (Fsp3) is 0.250. The quantitative estimate of drug-likeness (QED) is 0.527. The van der Waals surface area contributed by atoms with Crippen LogP contribution in [-0.4, -0.2) is 14.7 Å². The number of aryl methyl sites for hydroxylation is 2. The monoisotopic (exact) mass is 278 g/mol. The Morgan fingerprint density at radius 3 is 2.53 bits per heavy atom. The molecule has 0 aliphatic heterocycles. The van der Waals surface area contributed by atoms with E-state index in [0.29, 0.717) is 11.6 Å². The molecular formula is C12H14N4O2S. The molecule has 0 aliphatic carbocycles. The van der Waals surface area contributed by atoms with E-state index in [4.69, 9.17) is 5.73 Å². The van der Waals surface area contributed by atoms with Gasteiger partial charge in [-0.15, -0.1) is 11.8 Å². The van der Waals surface area contributed by atoms with E-state index < -0.39 is 4.92 Å².